The highest BCUT2D eigenvalue weighted by molar-refractivity contribution is 7.99. The van der Waals surface area contributed by atoms with E-state index in [0.29, 0.717) is 52.5 Å². The number of halogens is 2. The van der Waals surface area contributed by atoms with Crippen molar-refractivity contribution >= 4 is 52.0 Å². The van der Waals surface area contributed by atoms with Gasteiger partial charge in [-0.2, -0.15) is 0 Å². The summed E-state index contributed by atoms with van der Waals surface area (Å²) in [6.07, 6.45) is 4.90. The normalized spacial score (nSPS) is 17.9. The Morgan fingerprint density at radius 2 is 1.77 bits per heavy atom. The van der Waals surface area contributed by atoms with E-state index in [1.807, 2.05) is 48.7 Å². The molecule has 1 atom stereocenters. The summed E-state index contributed by atoms with van der Waals surface area (Å²) in [4.78, 5) is 26.4. The van der Waals surface area contributed by atoms with Gasteiger partial charge in [0.05, 0.1) is 16.0 Å². The number of benzene rings is 3. The summed E-state index contributed by atoms with van der Waals surface area (Å²) >= 11 is 15.4. The molecule has 0 amide bonds. The molecule has 2 aliphatic rings. The van der Waals surface area contributed by atoms with Gasteiger partial charge in [0.1, 0.15) is 10.5 Å². The van der Waals surface area contributed by atoms with E-state index in [1.165, 1.54) is 5.56 Å². The van der Waals surface area contributed by atoms with Gasteiger partial charge in [-0.3, -0.25) is 9.69 Å². The quantitative estimate of drug-likeness (QED) is 0.173. The SMILES string of the molecule is Cc1c(-c2nc3cc(CN4CC[C@@H](C(=O)O)C4)cc(Cl)c3o2)cccc1-c1cccc(Sc2cc(C3CCN(C)CC3)ccn2)c1Cl. The zero-order chi connectivity index (χ0) is 32.7. The molecule has 0 unspecified atom stereocenters. The summed E-state index contributed by atoms with van der Waals surface area (Å²) in [6, 6.07) is 20.4. The molecule has 2 aromatic heterocycles. The van der Waals surface area contributed by atoms with Crippen molar-refractivity contribution in [3.63, 3.8) is 0 Å². The number of aliphatic carboxylic acids is 1. The predicted octanol–water partition coefficient (Wildman–Crippen LogP) is 9.04. The summed E-state index contributed by atoms with van der Waals surface area (Å²) in [5.41, 5.74) is 7.33. The average molecular weight is 688 g/mol. The number of aromatic nitrogens is 2. The molecule has 242 valence electrons. The van der Waals surface area contributed by atoms with Crippen molar-refractivity contribution in [1.29, 1.82) is 0 Å². The van der Waals surface area contributed by atoms with Crippen LogP contribution in [0.25, 0.3) is 33.7 Å². The lowest BCUT2D eigenvalue weighted by Gasteiger charge is -2.29. The van der Waals surface area contributed by atoms with E-state index < -0.39 is 5.97 Å². The molecule has 0 radical (unpaired) electrons. The number of carbonyl (C=O) groups is 1. The maximum Gasteiger partial charge on any atom is 0.307 e. The highest BCUT2D eigenvalue weighted by Crippen LogP contribution is 2.42. The van der Waals surface area contributed by atoms with Crippen LogP contribution in [0.2, 0.25) is 10.0 Å². The minimum absolute atomic E-state index is 0.326. The summed E-state index contributed by atoms with van der Waals surface area (Å²) < 4.78 is 6.25. The van der Waals surface area contributed by atoms with E-state index in [2.05, 4.69) is 47.0 Å². The number of fused-ring (bicyclic) bond motifs is 1. The van der Waals surface area contributed by atoms with Gasteiger partial charge in [0.15, 0.2) is 5.58 Å². The first-order valence-electron chi connectivity index (χ1n) is 16.0. The van der Waals surface area contributed by atoms with Crippen LogP contribution >= 0.6 is 35.0 Å². The topological polar surface area (TPSA) is 82.7 Å². The molecule has 2 fully saturated rings. The second kappa shape index (κ2) is 13.6. The minimum atomic E-state index is -0.739. The number of pyridine rings is 1. The highest BCUT2D eigenvalue weighted by atomic mass is 35.5. The van der Waals surface area contributed by atoms with Gasteiger partial charge in [-0.25, -0.2) is 9.97 Å². The van der Waals surface area contributed by atoms with Crippen LogP contribution in [0.15, 0.2) is 81.2 Å². The molecule has 47 heavy (non-hydrogen) atoms. The number of hydrogen-bond donors (Lipinski definition) is 1. The van der Waals surface area contributed by atoms with Gasteiger partial charge in [0, 0.05) is 35.3 Å². The van der Waals surface area contributed by atoms with Gasteiger partial charge < -0.3 is 14.4 Å². The molecular formula is C37H36Cl2N4O3S. The second-order valence-corrected chi connectivity index (χ2v) is 14.6. The molecule has 7 nitrogen and oxygen atoms in total. The molecule has 1 N–H and O–H groups in total. The summed E-state index contributed by atoms with van der Waals surface area (Å²) in [5.74, 6) is -0.0165. The third kappa shape index (κ3) is 6.80. The number of piperidine rings is 1. The van der Waals surface area contributed by atoms with E-state index in [1.54, 1.807) is 11.8 Å². The third-order valence-electron chi connectivity index (χ3n) is 9.51. The first-order chi connectivity index (χ1) is 22.7. The standard InChI is InChI=1S/C37H36Cl2N4O3S/c1-22-27(29-7-4-8-32(34(29)39)47-33-19-25(9-13-40-33)24-10-14-42(2)15-11-24)5-3-6-28(22)36-41-31-18-23(17-30(38)35(31)46-36)20-43-16-12-26(21-43)37(44)45/h3-9,13,17-19,24,26H,10-12,14-16,20-21H2,1-2H3,(H,44,45)/t26-/m1/s1. The minimum Gasteiger partial charge on any atom is -0.481 e. The predicted molar refractivity (Wildman–Crippen MR) is 188 cm³/mol. The molecule has 2 aliphatic heterocycles. The van der Waals surface area contributed by atoms with Crippen LogP contribution in [-0.2, 0) is 11.3 Å². The zero-order valence-electron chi connectivity index (χ0n) is 26.4. The van der Waals surface area contributed by atoms with Crippen molar-refractivity contribution in [2.45, 2.75) is 48.6 Å². The van der Waals surface area contributed by atoms with Crippen LogP contribution < -0.4 is 0 Å². The van der Waals surface area contributed by atoms with Crippen molar-refractivity contribution in [1.82, 2.24) is 19.8 Å². The molecule has 5 aromatic rings. The van der Waals surface area contributed by atoms with Gasteiger partial charge in [0.25, 0.3) is 0 Å². The maximum atomic E-state index is 11.4. The van der Waals surface area contributed by atoms with Gasteiger partial charge in [0.2, 0.25) is 5.89 Å². The Morgan fingerprint density at radius 1 is 1.00 bits per heavy atom. The zero-order valence-corrected chi connectivity index (χ0v) is 28.7. The maximum absolute atomic E-state index is 11.4. The Labute approximate surface area is 288 Å². The first kappa shape index (κ1) is 32.2. The average Bonchev–Trinajstić information content (AvgIpc) is 3.71. The molecule has 10 heteroatoms. The summed E-state index contributed by atoms with van der Waals surface area (Å²) in [7, 11) is 2.19. The molecule has 7 rings (SSSR count). The number of carboxylic acid groups (broad SMARTS) is 1. The third-order valence-corrected chi connectivity index (χ3v) is 11.3. The molecule has 0 aliphatic carbocycles. The Morgan fingerprint density at radius 3 is 2.55 bits per heavy atom. The molecule has 0 spiro atoms. The number of nitrogens with zero attached hydrogens (tertiary/aromatic N) is 4. The lowest BCUT2D eigenvalue weighted by atomic mass is 9.90. The Kier molecular flexibility index (Phi) is 9.31. The molecule has 0 bridgehead atoms. The highest BCUT2D eigenvalue weighted by Gasteiger charge is 2.28. The smallest absolute Gasteiger partial charge is 0.307 e. The fourth-order valence-corrected chi connectivity index (χ4v) is 8.33. The van der Waals surface area contributed by atoms with Crippen LogP contribution in [0.4, 0.5) is 0 Å². The van der Waals surface area contributed by atoms with Crippen LogP contribution in [0.1, 0.15) is 41.9 Å². The van der Waals surface area contributed by atoms with Crippen molar-refractivity contribution in [3.05, 3.63) is 93.6 Å². The van der Waals surface area contributed by atoms with Crippen LogP contribution in [0.3, 0.4) is 0 Å². The van der Waals surface area contributed by atoms with Gasteiger partial charge in [-0.15, -0.1) is 0 Å². The molecule has 3 aromatic carbocycles. The van der Waals surface area contributed by atoms with Crippen molar-refractivity contribution in [2.75, 3.05) is 33.2 Å². The monoisotopic (exact) mass is 686 g/mol. The van der Waals surface area contributed by atoms with Crippen LogP contribution in [0.5, 0.6) is 0 Å². The van der Waals surface area contributed by atoms with E-state index >= 15 is 0 Å². The molecule has 2 saturated heterocycles. The fourth-order valence-electron chi connectivity index (χ4n) is 6.83. The summed E-state index contributed by atoms with van der Waals surface area (Å²) in [6.45, 7) is 6.18. The second-order valence-electron chi connectivity index (χ2n) is 12.7. The van der Waals surface area contributed by atoms with Gasteiger partial charge >= 0.3 is 5.97 Å². The molecule has 4 heterocycles. The first-order valence-corrected chi connectivity index (χ1v) is 17.6. The van der Waals surface area contributed by atoms with Crippen molar-refractivity contribution in [3.8, 4) is 22.6 Å². The van der Waals surface area contributed by atoms with E-state index in [9.17, 15) is 9.90 Å². The Balaban J connectivity index is 1.14. The van der Waals surface area contributed by atoms with Crippen LogP contribution in [-0.4, -0.2) is 64.1 Å². The largest absolute Gasteiger partial charge is 0.481 e. The lowest BCUT2D eigenvalue weighted by molar-refractivity contribution is -0.141. The fraction of sp³-hybridized carbons (Fsp3) is 0.324. The number of rotatable bonds is 8. The Hall–Kier alpha value is -3.40. The lowest BCUT2D eigenvalue weighted by Crippen LogP contribution is -2.29. The number of hydrogen-bond acceptors (Lipinski definition) is 7. The van der Waals surface area contributed by atoms with Crippen molar-refractivity contribution in [2.24, 2.45) is 5.92 Å². The number of carboxylic acids is 1. The van der Waals surface area contributed by atoms with E-state index in [4.69, 9.17) is 32.6 Å². The Bertz CT molecular complexity index is 1960. The van der Waals surface area contributed by atoms with Gasteiger partial charge in [-0.1, -0.05) is 59.2 Å². The number of likely N-dealkylation sites (tertiary alicyclic amines) is 2. The molecular weight excluding hydrogens is 651 g/mol. The van der Waals surface area contributed by atoms with E-state index in [-0.39, 0.29) is 5.92 Å². The number of oxazole rings is 1. The van der Waals surface area contributed by atoms with Crippen molar-refractivity contribution < 1.29 is 14.3 Å². The van der Waals surface area contributed by atoms with Crippen LogP contribution in [0, 0.1) is 12.8 Å². The summed E-state index contributed by atoms with van der Waals surface area (Å²) in [5, 5.41) is 11.5. The van der Waals surface area contributed by atoms with Gasteiger partial charge in [-0.05, 0) is 117 Å². The molecule has 0 saturated carbocycles. The van der Waals surface area contributed by atoms with E-state index in [0.717, 1.165) is 70.2 Å².